The first-order valence-corrected chi connectivity index (χ1v) is 13.4. The van der Waals surface area contributed by atoms with E-state index in [-0.39, 0.29) is 28.9 Å². The van der Waals surface area contributed by atoms with Gasteiger partial charge >= 0.3 is 5.97 Å². The van der Waals surface area contributed by atoms with Crippen LogP contribution in [0.3, 0.4) is 0 Å². The van der Waals surface area contributed by atoms with Crippen LogP contribution >= 0.6 is 0 Å². The zero-order chi connectivity index (χ0) is 29.3. The molecular formula is C32H30FNO7. The van der Waals surface area contributed by atoms with Gasteiger partial charge in [0.05, 0.1) is 42.9 Å². The molecule has 0 radical (unpaired) electrons. The predicted octanol–water partition coefficient (Wildman–Crippen LogP) is 6.29. The van der Waals surface area contributed by atoms with E-state index in [1.807, 2.05) is 0 Å². The average Bonchev–Trinajstić information content (AvgIpc) is 3.25. The Balaban J connectivity index is 1.65. The number of carbonyl (C=O) groups excluding carboxylic acids is 2. The zero-order valence-corrected chi connectivity index (χ0v) is 23.2. The molecule has 0 fully saturated rings. The Labute approximate surface area is 236 Å². The molecule has 0 aliphatic carbocycles. The highest BCUT2D eigenvalue weighted by Crippen LogP contribution is 2.43. The molecule has 1 aliphatic heterocycles. The third kappa shape index (κ3) is 5.27. The maximum absolute atomic E-state index is 14.1. The average molecular weight is 560 g/mol. The Morgan fingerprint density at radius 3 is 2.46 bits per heavy atom. The number of esters is 1. The lowest BCUT2D eigenvalue weighted by atomic mass is 9.97. The molecule has 0 N–H and O–H groups in total. The van der Waals surface area contributed by atoms with E-state index in [9.17, 15) is 18.8 Å². The van der Waals surface area contributed by atoms with Gasteiger partial charge in [-0.25, -0.2) is 9.18 Å². The van der Waals surface area contributed by atoms with Gasteiger partial charge in [-0.05, 0) is 79.4 Å². The minimum Gasteiger partial charge on any atom is -0.493 e. The molecule has 4 aromatic rings. The topological polar surface area (TPSA) is 95.3 Å². The highest BCUT2D eigenvalue weighted by molar-refractivity contribution is 6.10. The van der Waals surface area contributed by atoms with E-state index < -0.39 is 29.2 Å². The van der Waals surface area contributed by atoms with Gasteiger partial charge in [0, 0.05) is 5.69 Å². The van der Waals surface area contributed by atoms with Crippen molar-refractivity contribution in [2.75, 3.05) is 25.2 Å². The maximum atomic E-state index is 14.1. The summed E-state index contributed by atoms with van der Waals surface area (Å²) < 4.78 is 36.7. The van der Waals surface area contributed by atoms with Crippen molar-refractivity contribution in [3.8, 4) is 11.5 Å². The Hall–Kier alpha value is -4.66. The van der Waals surface area contributed by atoms with Crippen molar-refractivity contribution >= 4 is 28.5 Å². The van der Waals surface area contributed by atoms with Gasteiger partial charge in [0.15, 0.2) is 16.9 Å². The zero-order valence-electron chi connectivity index (χ0n) is 23.2. The summed E-state index contributed by atoms with van der Waals surface area (Å²) in [5, 5.41) is 0.0293. The summed E-state index contributed by atoms with van der Waals surface area (Å²) >= 11 is 0. The molecular weight excluding hydrogens is 529 g/mol. The number of amides is 1. The highest BCUT2D eigenvalue weighted by Gasteiger charge is 2.44. The minimum atomic E-state index is -0.923. The second-order valence-electron chi connectivity index (χ2n) is 10.1. The Morgan fingerprint density at radius 1 is 1.02 bits per heavy atom. The molecule has 8 nitrogen and oxygen atoms in total. The molecule has 1 aliphatic rings. The second-order valence-corrected chi connectivity index (χ2v) is 10.1. The number of nitrogens with zero attached hydrogens (tertiary/aromatic N) is 1. The molecule has 5 rings (SSSR count). The number of hydrogen-bond acceptors (Lipinski definition) is 7. The quantitative estimate of drug-likeness (QED) is 0.222. The van der Waals surface area contributed by atoms with E-state index in [0.717, 1.165) is 12.5 Å². The Bertz CT molecular complexity index is 1680. The summed E-state index contributed by atoms with van der Waals surface area (Å²) in [4.78, 5) is 41.3. The molecule has 0 saturated heterocycles. The first kappa shape index (κ1) is 27.9. The number of methoxy groups -OCH3 is 1. The van der Waals surface area contributed by atoms with Gasteiger partial charge in [-0.15, -0.1) is 0 Å². The Morgan fingerprint density at radius 2 is 1.78 bits per heavy atom. The molecule has 9 heteroatoms. The summed E-state index contributed by atoms with van der Waals surface area (Å²) in [6.45, 7) is 6.65. The third-order valence-corrected chi connectivity index (χ3v) is 6.94. The standard InChI is InChI=1S/C32H30FNO7/c1-5-39-32(37)19-6-10-22(11-7-19)34-28(20-8-12-25(26(16-20)38-4)40-15-14-18(2)3)27-29(35)23-17-21(33)9-13-24(23)41-30(27)31(34)36/h6-13,16-18,28H,5,14-15H2,1-4H3. The summed E-state index contributed by atoms with van der Waals surface area (Å²) in [6.07, 6.45) is 0.857. The number of benzene rings is 3. The lowest BCUT2D eigenvalue weighted by Crippen LogP contribution is -2.29. The van der Waals surface area contributed by atoms with E-state index >= 15 is 0 Å². The molecule has 2 heterocycles. The van der Waals surface area contributed by atoms with Crippen LogP contribution in [0.1, 0.15) is 65.3 Å². The van der Waals surface area contributed by atoms with E-state index in [1.54, 1.807) is 49.4 Å². The van der Waals surface area contributed by atoms with Gasteiger partial charge in [-0.1, -0.05) is 19.9 Å². The summed E-state index contributed by atoms with van der Waals surface area (Å²) in [6, 6.07) is 14.2. The number of hydrogen-bond donors (Lipinski definition) is 0. The fourth-order valence-electron chi connectivity index (χ4n) is 4.88. The summed E-state index contributed by atoms with van der Waals surface area (Å²) in [5.41, 5.74) is 0.969. The highest BCUT2D eigenvalue weighted by atomic mass is 19.1. The van der Waals surface area contributed by atoms with Crippen molar-refractivity contribution in [1.29, 1.82) is 0 Å². The molecule has 0 spiro atoms. The van der Waals surface area contributed by atoms with Crippen LogP contribution in [0, 0.1) is 11.7 Å². The van der Waals surface area contributed by atoms with Crippen LogP contribution in [-0.2, 0) is 4.74 Å². The van der Waals surface area contributed by atoms with Crippen LogP contribution in [0.2, 0.25) is 0 Å². The summed E-state index contributed by atoms with van der Waals surface area (Å²) in [5.74, 6) is -0.348. The molecule has 1 unspecified atom stereocenters. The van der Waals surface area contributed by atoms with E-state index in [0.29, 0.717) is 40.8 Å². The van der Waals surface area contributed by atoms with Gasteiger partial charge in [-0.2, -0.15) is 0 Å². The minimum absolute atomic E-state index is 0.0293. The monoisotopic (exact) mass is 559 g/mol. The maximum Gasteiger partial charge on any atom is 0.338 e. The Kier molecular flexibility index (Phi) is 7.79. The van der Waals surface area contributed by atoms with Crippen LogP contribution in [0.4, 0.5) is 10.1 Å². The van der Waals surface area contributed by atoms with Crippen LogP contribution in [0.5, 0.6) is 11.5 Å². The molecule has 1 amide bonds. The first-order valence-electron chi connectivity index (χ1n) is 13.4. The molecule has 41 heavy (non-hydrogen) atoms. The fraction of sp³-hybridized carbons (Fsp3) is 0.281. The summed E-state index contributed by atoms with van der Waals surface area (Å²) in [7, 11) is 1.51. The molecule has 0 saturated carbocycles. The van der Waals surface area contributed by atoms with Crippen molar-refractivity contribution < 1.29 is 32.6 Å². The van der Waals surface area contributed by atoms with Gasteiger partial charge in [0.2, 0.25) is 5.76 Å². The molecule has 3 aromatic carbocycles. The molecule has 1 aromatic heterocycles. The van der Waals surface area contributed by atoms with Crippen molar-refractivity contribution in [1.82, 2.24) is 0 Å². The van der Waals surface area contributed by atoms with Gasteiger partial charge in [-0.3, -0.25) is 14.5 Å². The van der Waals surface area contributed by atoms with Crippen LogP contribution in [0.25, 0.3) is 11.0 Å². The van der Waals surface area contributed by atoms with Crippen molar-refractivity contribution in [2.45, 2.75) is 33.2 Å². The lowest BCUT2D eigenvalue weighted by Gasteiger charge is -2.26. The lowest BCUT2D eigenvalue weighted by molar-refractivity contribution is 0.0526. The van der Waals surface area contributed by atoms with Gasteiger partial charge in [0.25, 0.3) is 5.91 Å². The number of halogens is 1. The van der Waals surface area contributed by atoms with Crippen molar-refractivity contribution in [2.24, 2.45) is 5.92 Å². The number of ether oxygens (including phenoxy) is 3. The molecule has 1 atom stereocenters. The van der Waals surface area contributed by atoms with Crippen molar-refractivity contribution in [3.63, 3.8) is 0 Å². The van der Waals surface area contributed by atoms with E-state index in [4.69, 9.17) is 18.6 Å². The third-order valence-electron chi connectivity index (χ3n) is 6.94. The largest absolute Gasteiger partial charge is 0.493 e. The normalized spacial score (nSPS) is 14.4. The molecule has 0 bridgehead atoms. The van der Waals surface area contributed by atoms with Gasteiger partial charge < -0.3 is 18.6 Å². The number of fused-ring (bicyclic) bond motifs is 2. The second kappa shape index (κ2) is 11.4. The van der Waals surface area contributed by atoms with Crippen molar-refractivity contribution in [3.05, 3.63) is 99.2 Å². The number of anilines is 1. The van der Waals surface area contributed by atoms with Crippen LogP contribution in [0.15, 0.2) is 69.9 Å². The smallest absolute Gasteiger partial charge is 0.338 e. The predicted molar refractivity (Wildman–Crippen MR) is 151 cm³/mol. The number of carbonyl (C=O) groups is 2. The molecule has 212 valence electrons. The first-order chi connectivity index (χ1) is 19.7. The van der Waals surface area contributed by atoms with Crippen LogP contribution < -0.4 is 19.8 Å². The van der Waals surface area contributed by atoms with Crippen LogP contribution in [-0.4, -0.2) is 32.2 Å². The number of rotatable bonds is 9. The fourth-order valence-corrected chi connectivity index (χ4v) is 4.88. The van der Waals surface area contributed by atoms with E-state index in [2.05, 4.69) is 13.8 Å². The van der Waals surface area contributed by atoms with E-state index in [1.165, 1.54) is 24.1 Å². The van der Waals surface area contributed by atoms with Gasteiger partial charge in [0.1, 0.15) is 11.4 Å². The SMILES string of the molecule is CCOC(=O)c1ccc(N2C(=O)c3oc4ccc(F)cc4c(=O)c3C2c2ccc(OCCC(C)C)c(OC)c2)cc1.